The first-order valence-electron chi connectivity index (χ1n) is 18.6. The summed E-state index contributed by atoms with van der Waals surface area (Å²) in [6.45, 7) is 13.7. The molecule has 3 aromatic heterocycles. The Morgan fingerprint density at radius 3 is 1.64 bits per heavy atom. The predicted octanol–water partition coefficient (Wildman–Crippen LogP) is 8.22. The van der Waals surface area contributed by atoms with E-state index < -0.39 is 6.10 Å². The van der Waals surface area contributed by atoms with Crippen LogP contribution in [0, 0.1) is 13.8 Å². The molecule has 0 aliphatic carbocycles. The maximum absolute atomic E-state index is 9.59. The highest BCUT2D eigenvalue weighted by molar-refractivity contribution is 5.88. The SMILES string of the molecule is CCc1c2[nH]c(c1C)C=Nc1cc(OC)c(OCCCCCCC(O)CO)cc1N=Cc1[nH]c(c(CC)c1C)Cc1[nH]c(c(CC)c1CC)C2. The highest BCUT2D eigenvalue weighted by Gasteiger charge is 2.22. The number of H-pyrrole nitrogens is 3. The molecule has 4 heterocycles. The molecule has 0 amide bonds. The van der Waals surface area contributed by atoms with Gasteiger partial charge in [0.1, 0.15) is 0 Å². The molecule has 5 rings (SSSR count). The summed E-state index contributed by atoms with van der Waals surface area (Å²) in [4.78, 5) is 21.4. The average molecular weight is 684 g/mol. The van der Waals surface area contributed by atoms with E-state index >= 15 is 0 Å². The Morgan fingerprint density at radius 2 is 1.16 bits per heavy atom. The second kappa shape index (κ2) is 17.2. The van der Waals surface area contributed by atoms with E-state index in [-0.39, 0.29) is 6.61 Å². The van der Waals surface area contributed by atoms with Crippen LogP contribution in [0.4, 0.5) is 11.4 Å². The summed E-state index contributed by atoms with van der Waals surface area (Å²) in [5.74, 6) is 1.24. The fourth-order valence-corrected chi connectivity index (χ4v) is 7.56. The molecule has 0 saturated carbocycles. The van der Waals surface area contributed by atoms with E-state index in [0.29, 0.717) is 35.9 Å². The van der Waals surface area contributed by atoms with Gasteiger partial charge in [-0.2, -0.15) is 0 Å². The summed E-state index contributed by atoms with van der Waals surface area (Å²) >= 11 is 0. The van der Waals surface area contributed by atoms with Gasteiger partial charge in [-0.15, -0.1) is 0 Å². The first-order valence-corrected chi connectivity index (χ1v) is 18.6. The molecule has 50 heavy (non-hydrogen) atoms. The molecule has 9 nitrogen and oxygen atoms in total. The number of nitrogens with one attached hydrogen (secondary N) is 3. The van der Waals surface area contributed by atoms with Crippen molar-refractivity contribution in [1.82, 2.24) is 15.0 Å². The van der Waals surface area contributed by atoms with Gasteiger partial charge in [0.15, 0.2) is 11.5 Å². The van der Waals surface area contributed by atoms with Crippen molar-refractivity contribution in [2.45, 2.75) is 118 Å². The average Bonchev–Trinajstić information content (AvgIpc) is 3.73. The molecule has 0 spiro atoms. The highest BCUT2D eigenvalue weighted by atomic mass is 16.5. The van der Waals surface area contributed by atoms with E-state index in [1.165, 1.54) is 56.2 Å². The molecular weight excluding hydrogens is 626 g/mol. The number of aromatic nitrogens is 3. The third-order valence-electron chi connectivity index (χ3n) is 10.4. The van der Waals surface area contributed by atoms with Gasteiger partial charge >= 0.3 is 0 Å². The minimum absolute atomic E-state index is 0.183. The molecule has 1 aliphatic heterocycles. The Balaban J connectivity index is 1.55. The number of methoxy groups -OCH3 is 1. The van der Waals surface area contributed by atoms with Gasteiger partial charge in [-0.3, -0.25) is 9.98 Å². The van der Waals surface area contributed by atoms with E-state index in [0.717, 1.165) is 75.6 Å². The van der Waals surface area contributed by atoms with Crippen LogP contribution in [0.25, 0.3) is 0 Å². The van der Waals surface area contributed by atoms with E-state index in [1.807, 2.05) is 24.6 Å². The molecule has 270 valence electrons. The molecule has 1 aliphatic rings. The van der Waals surface area contributed by atoms with Gasteiger partial charge in [0.25, 0.3) is 0 Å². The quantitative estimate of drug-likeness (QED) is 0.0755. The van der Waals surface area contributed by atoms with Crippen LogP contribution < -0.4 is 9.47 Å². The number of aliphatic imine (C=N–C) groups is 2. The van der Waals surface area contributed by atoms with Gasteiger partial charge in [0.2, 0.25) is 0 Å². The topological polar surface area (TPSA) is 131 Å². The van der Waals surface area contributed by atoms with Gasteiger partial charge in [-0.05, 0) is 85.8 Å². The summed E-state index contributed by atoms with van der Waals surface area (Å²) in [5.41, 5.74) is 16.4. The molecule has 0 saturated heterocycles. The molecule has 6 bridgehead atoms. The number of aliphatic hydroxyl groups excluding tert-OH is 2. The molecule has 5 N–H and O–H groups in total. The third-order valence-corrected chi connectivity index (χ3v) is 10.4. The van der Waals surface area contributed by atoms with Crippen molar-refractivity contribution in [2.24, 2.45) is 9.98 Å². The van der Waals surface area contributed by atoms with Crippen molar-refractivity contribution >= 4 is 23.8 Å². The number of aromatic amines is 3. The number of ether oxygens (including phenoxy) is 2. The Hall–Kier alpha value is -4.08. The highest BCUT2D eigenvalue weighted by Crippen LogP contribution is 2.40. The van der Waals surface area contributed by atoms with Crippen molar-refractivity contribution in [3.63, 3.8) is 0 Å². The van der Waals surface area contributed by atoms with Crippen LogP contribution in [0.1, 0.15) is 127 Å². The summed E-state index contributed by atoms with van der Waals surface area (Å²) in [5, 5.41) is 18.6. The fraction of sp³-hybridized carbons (Fsp3) is 0.512. The van der Waals surface area contributed by atoms with Crippen LogP contribution in [0.3, 0.4) is 0 Å². The summed E-state index contributed by atoms with van der Waals surface area (Å²) in [6, 6.07) is 3.84. The molecule has 1 atom stereocenters. The molecule has 0 fully saturated rings. The molecule has 9 heteroatoms. The molecule has 1 unspecified atom stereocenters. The van der Waals surface area contributed by atoms with Crippen molar-refractivity contribution in [2.75, 3.05) is 20.3 Å². The number of fused-ring (bicyclic) bond motifs is 7. The van der Waals surface area contributed by atoms with Crippen LogP contribution in [-0.4, -0.2) is 64.0 Å². The monoisotopic (exact) mass is 683 g/mol. The molecular formula is C41H57N5O4. The number of hydrogen-bond donors (Lipinski definition) is 5. The first kappa shape index (κ1) is 37.2. The number of aliphatic hydroxyl groups is 2. The van der Waals surface area contributed by atoms with Crippen molar-refractivity contribution in [3.05, 3.63) is 79.7 Å². The zero-order valence-corrected chi connectivity index (χ0v) is 31.2. The summed E-state index contributed by atoms with van der Waals surface area (Å²) in [7, 11) is 1.65. The van der Waals surface area contributed by atoms with Crippen LogP contribution >= 0.6 is 0 Å². The zero-order chi connectivity index (χ0) is 35.8. The van der Waals surface area contributed by atoms with Crippen molar-refractivity contribution < 1.29 is 19.7 Å². The van der Waals surface area contributed by atoms with Crippen LogP contribution in [0.2, 0.25) is 0 Å². The van der Waals surface area contributed by atoms with Gasteiger partial charge in [-0.1, -0.05) is 47.0 Å². The minimum atomic E-state index is -0.631. The smallest absolute Gasteiger partial charge is 0.163 e. The number of benzene rings is 1. The Kier molecular flexibility index (Phi) is 12.8. The maximum Gasteiger partial charge on any atom is 0.163 e. The molecule has 0 radical (unpaired) electrons. The second-order valence-corrected chi connectivity index (χ2v) is 13.4. The van der Waals surface area contributed by atoms with Gasteiger partial charge in [0.05, 0.1) is 61.6 Å². The lowest BCUT2D eigenvalue weighted by atomic mass is 9.98. The second-order valence-electron chi connectivity index (χ2n) is 13.4. The number of unbranched alkanes of at least 4 members (excludes halogenated alkanes) is 3. The Labute approximate surface area is 297 Å². The number of hydrogen-bond acceptors (Lipinski definition) is 6. The van der Waals surface area contributed by atoms with E-state index in [9.17, 15) is 5.11 Å². The van der Waals surface area contributed by atoms with E-state index in [4.69, 9.17) is 24.6 Å². The standard InChI is InChI=1S/C41H57N5O4/c1-8-28-25(5)38-22-42-36-20-40(49-7)41(50-17-15-13-12-14-16-27(48)24-47)21-37(36)43-23-39-26(6)29(9-2)33(46-39)19-35-31(11-4)30(10-3)34(44-35)18-32(28)45-38/h20-23,27,44-48H,8-19,24H2,1-7H3. The largest absolute Gasteiger partial charge is 0.493 e. The lowest BCUT2D eigenvalue weighted by Gasteiger charge is -2.13. The maximum atomic E-state index is 9.59. The fourth-order valence-electron chi connectivity index (χ4n) is 7.56. The Bertz CT molecular complexity index is 1810. The van der Waals surface area contributed by atoms with Gasteiger partial charge < -0.3 is 34.6 Å². The number of nitrogens with zero attached hydrogens (tertiary/aromatic N) is 2. The van der Waals surface area contributed by atoms with Gasteiger partial charge in [-0.25, -0.2) is 0 Å². The zero-order valence-electron chi connectivity index (χ0n) is 31.2. The first-order chi connectivity index (χ1) is 24.3. The Morgan fingerprint density at radius 1 is 0.680 bits per heavy atom. The van der Waals surface area contributed by atoms with Crippen molar-refractivity contribution in [3.8, 4) is 11.5 Å². The van der Waals surface area contributed by atoms with Gasteiger partial charge in [0, 0.05) is 47.8 Å². The lowest BCUT2D eigenvalue weighted by Crippen LogP contribution is -2.11. The molecule has 4 aromatic rings. The third kappa shape index (κ3) is 8.10. The van der Waals surface area contributed by atoms with E-state index in [2.05, 4.69) is 56.5 Å². The van der Waals surface area contributed by atoms with Crippen LogP contribution in [0.15, 0.2) is 22.1 Å². The minimum Gasteiger partial charge on any atom is -0.493 e. The van der Waals surface area contributed by atoms with E-state index in [1.54, 1.807) is 7.11 Å². The van der Waals surface area contributed by atoms with Crippen molar-refractivity contribution in [1.29, 1.82) is 0 Å². The predicted molar refractivity (Wildman–Crippen MR) is 204 cm³/mol. The number of rotatable bonds is 14. The summed E-state index contributed by atoms with van der Waals surface area (Å²) < 4.78 is 12.0. The lowest BCUT2D eigenvalue weighted by molar-refractivity contribution is 0.0859. The normalized spacial score (nSPS) is 13.4. The van der Waals surface area contributed by atoms with Crippen LogP contribution in [0.5, 0.6) is 11.5 Å². The van der Waals surface area contributed by atoms with Crippen LogP contribution in [-0.2, 0) is 38.5 Å². The molecule has 1 aromatic carbocycles. The summed E-state index contributed by atoms with van der Waals surface area (Å²) in [6.07, 6.45) is 13.0.